The number of alkyl halides is 3. The quantitative estimate of drug-likeness (QED) is 0.395. The van der Waals surface area contributed by atoms with E-state index < -0.39 is 58.2 Å². The van der Waals surface area contributed by atoms with Gasteiger partial charge in [-0.2, -0.15) is 18.4 Å². The molecule has 112 valence electrons. The van der Waals surface area contributed by atoms with Gasteiger partial charge in [0, 0.05) is 6.08 Å². The minimum atomic E-state index is -5.47. The molecule has 0 aromatic heterocycles. The third-order valence-electron chi connectivity index (χ3n) is 2.18. The largest absolute Gasteiger partial charge is 0.507 e. The molecule has 0 aliphatic rings. The van der Waals surface area contributed by atoms with Gasteiger partial charge in [0.15, 0.2) is 23.3 Å². The molecule has 3 nitrogen and oxygen atoms in total. The molecule has 0 aliphatic heterocycles. The van der Waals surface area contributed by atoms with E-state index in [-0.39, 0.29) is 0 Å². The molecule has 0 aliphatic carbocycles. The Hall–Kier alpha value is -2.57. The summed E-state index contributed by atoms with van der Waals surface area (Å²) in [7, 11) is 0. The van der Waals surface area contributed by atoms with Crippen LogP contribution in [0.1, 0.15) is 11.1 Å². The molecular weight excluding hydrogens is 311 g/mol. The first-order valence-electron chi connectivity index (χ1n) is 4.80. The molecule has 0 saturated carbocycles. The van der Waals surface area contributed by atoms with Gasteiger partial charge in [-0.1, -0.05) is 0 Å². The Morgan fingerprint density at radius 2 is 1.48 bits per heavy atom. The number of benzene rings is 1. The smallest absolute Gasteiger partial charge is 0.454 e. The molecule has 0 heterocycles. The molecule has 0 unspecified atom stereocenters. The van der Waals surface area contributed by atoms with Crippen molar-refractivity contribution in [3.63, 3.8) is 0 Å². The number of hydrogen-bond donors (Lipinski definition) is 1. The summed E-state index contributed by atoms with van der Waals surface area (Å²) in [5.74, 6) is -13.7. The number of halogens is 7. The van der Waals surface area contributed by atoms with Crippen LogP contribution in [0.2, 0.25) is 0 Å². The van der Waals surface area contributed by atoms with Crippen LogP contribution in [0.25, 0.3) is 5.76 Å². The lowest BCUT2D eigenvalue weighted by molar-refractivity contribution is -0.165. The Morgan fingerprint density at radius 1 is 1.05 bits per heavy atom. The highest BCUT2D eigenvalue weighted by Crippen LogP contribution is 2.28. The van der Waals surface area contributed by atoms with Gasteiger partial charge in [0.1, 0.15) is 17.4 Å². The van der Waals surface area contributed by atoms with Crippen LogP contribution in [0.5, 0.6) is 0 Å². The van der Waals surface area contributed by atoms with Crippen LogP contribution in [-0.4, -0.2) is 17.1 Å². The molecule has 10 heteroatoms. The minimum Gasteiger partial charge on any atom is -0.507 e. The lowest BCUT2D eigenvalue weighted by atomic mass is 10.1. The van der Waals surface area contributed by atoms with E-state index in [0.717, 1.165) is 6.07 Å². The number of hydrogen-bond acceptors (Lipinski definition) is 3. The maximum atomic E-state index is 13.4. The van der Waals surface area contributed by atoms with E-state index in [2.05, 4.69) is 0 Å². The van der Waals surface area contributed by atoms with Crippen LogP contribution >= 0.6 is 0 Å². The van der Waals surface area contributed by atoms with E-state index in [1.165, 1.54) is 0 Å². The summed E-state index contributed by atoms with van der Waals surface area (Å²) in [5.41, 5.74) is -3.59. The van der Waals surface area contributed by atoms with E-state index >= 15 is 0 Å². The second kappa shape index (κ2) is 5.43. The Balaban J connectivity index is 3.57. The van der Waals surface area contributed by atoms with Gasteiger partial charge in [-0.25, -0.2) is 17.6 Å². The van der Waals surface area contributed by atoms with Crippen molar-refractivity contribution >= 4 is 11.5 Å². The van der Waals surface area contributed by atoms with Crippen molar-refractivity contribution in [1.82, 2.24) is 0 Å². The lowest BCUT2D eigenvalue weighted by Crippen LogP contribution is -2.20. The predicted molar refractivity (Wildman–Crippen MR) is 52.7 cm³/mol. The molecule has 0 fully saturated rings. The van der Waals surface area contributed by atoms with E-state index in [0.29, 0.717) is 0 Å². The van der Waals surface area contributed by atoms with Crippen molar-refractivity contribution in [2.75, 3.05) is 0 Å². The molecule has 1 aromatic rings. The first-order chi connectivity index (χ1) is 9.52. The molecule has 1 aromatic carbocycles. The molecular formula is C11H2F7NO2. The molecule has 0 bridgehead atoms. The van der Waals surface area contributed by atoms with Gasteiger partial charge < -0.3 is 5.11 Å². The number of aliphatic hydroxyl groups excluding tert-OH is 1. The Morgan fingerprint density at radius 3 is 1.81 bits per heavy atom. The normalized spacial score (nSPS) is 12.2. The van der Waals surface area contributed by atoms with E-state index in [1.54, 1.807) is 0 Å². The summed E-state index contributed by atoms with van der Waals surface area (Å²) >= 11 is 0. The van der Waals surface area contributed by atoms with Crippen LogP contribution < -0.4 is 0 Å². The maximum absolute atomic E-state index is 13.4. The fourth-order valence-corrected chi connectivity index (χ4v) is 1.23. The molecule has 1 rings (SSSR count). The van der Waals surface area contributed by atoms with Crippen LogP contribution in [-0.2, 0) is 4.79 Å². The van der Waals surface area contributed by atoms with Gasteiger partial charge in [0.2, 0.25) is 0 Å². The monoisotopic (exact) mass is 313 g/mol. The Labute approximate surface area is 111 Å². The van der Waals surface area contributed by atoms with Crippen LogP contribution in [0.4, 0.5) is 30.7 Å². The summed E-state index contributed by atoms with van der Waals surface area (Å²) in [4.78, 5) is 10.5. The number of allylic oxidation sites excluding steroid dienone is 1. The predicted octanol–water partition coefficient (Wildman–Crippen LogP) is 3.14. The SMILES string of the molecule is N#Cc1c(F)c(F)c(/C(O)=C/C(=O)C(F)(F)F)c(F)c1F. The number of nitriles is 1. The summed E-state index contributed by atoms with van der Waals surface area (Å²) < 4.78 is 88.9. The van der Waals surface area contributed by atoms with Crippen LogP contribution in [0.3, 0.4) is 0 Å². The number of ketones is 1. The fourth-order valence-electron chi connectivity index (χ4n) is 1.23. The molecule has 0 radical (unpaired) electrons. The first-order valence-corrected chi connectivity index (χ1v) is 4.80. The van der Waals surface area contributed by atoms with Crippen molar-refractivity contribution in [3.8, 4) is 6.07 Å². The van der Waals surface area contributed by atoms with Gasteiger partial charge in [-0.05, 0) is 0 Å². The topological polar surface area (TPSA) is 61.1 Å². The molecule has 21 heavy (non-hydrogen) atoms. The van der Waals surface area contributed by atoms with Crippen molar-refractivity contribution in [2.24, 2.45) is 0 Å². The zero-order valence-corrected chi connectivity index (χ0v) is 9.53. The summed E-state index contributed by atoms with van der Waals surface area (Å²) in [6.45, 7) is 0. The third-order valence-corrected chi connectivity index (χ3v) is 2.18. The van der Waals surface area contributed by atoms with Crippen molar-refractivity contribution in [3.05, 3.63) is 40.5 Å². The van der Waals surface area contributed by atoms with Gasteiger partial charge in [0.05, 0.1) is 5.56 Å². The van der Waals surface area contributed by atoms with Crippen molar-refractivity contribution in [1.29, 1.82) is 5.26 Å². The number of rotatable bonds is 2. The van der Waals surface area contributed by atoms with E-state index in [4.69, 9.17) is 10.4 Å². The summed E-state index contributed by atoms with van der Waals surface area (Å²) in [6.07, 6.45) is -6.11. The average molecular weight is 313 g/mol. The number of aliphatic hydroxyl groups is 1. The molecule has 0 spiro atoms. The van der Waals surface area contributed by atoms with Crippen molar-refractivity contribution in [2.45, 2.75) is 6.18 Å². The van der Waals surface area contributed by atoms with Gasteiger partial charge in [-0.15, -0.1) is 0 Å². The minimum absolute atomic E-state index is 0.646. The number of carbonyl (C=O) groups excluding carboxylic acids is 1. The van der Waals surface area contributed by atoms with Gasteiger partial charge in [0.25, 0.3) is 5.78 Å². The van der Waals surface area contributed by atoms with Crippen LogP contribution in [0.15, 0.2) is 6.08 Å². The van der Waals surface area contributed by atoms with Crippen LogP contribution in [0, 0.1) is 34.6 Å². The fraction of sp³-hybridized carbons (Fsp3) is 0.0909. The standard InChI is InChI=1S/C11H2F7NO2/c12-7-3(2-19)8(13)10(15)6(9(7)14)4(20)1-5(21)11(16,17)18/h1,20H/b4-1-. The highest BCUT2D eigenvalue weighted by molar-refractivity contribution is 5.99. The maximum Gasteiger partial charge on any atom is 0.454 e. The van der Waals surface area contributed by atoms with Gasteiger partial charge >= 0.3 is 6.18 Å². The van der Waals surface area contributed by atoms with Crippen molar-refractivity contribution < 1.29 is 40.6 Å². The highest BCUT2D eigenvalue weighted by Gasteiger charge is 2.38. The zero-order chi connectivity index (χ0) is 16.5. The van der Waals surface area contributed by atoms with E-state index in [1.807, 2.05) is 0 Å². The number of carbonyl (C=O) groups is 1. The second-order valence-electron chi connectivity index (χ2n) is 3.51. The van der Waals surface area contributed by atoms with E-state index in [9.17, 15) is 35.5 Å². The third kappa shape index (κ3) is 2.96. The first kappa shape index (κ1) is 16.5. The Bertz CT molecular complexity index is 656. The molecule has 1 N–H and O–H groups in total. The average Bonchev–Trinajstić information content (AvgIpc) is 2.36. The zero-order valence-electron chi connectivity index (χ0n) is 9.53. The van der Waals surface area contributed by atoms with Gasteiger partial charge in [-0.3, -0.25) is 4.79 Å². The summed E-state index contributed by atoms with van der Waals surface area (Å²) in [6, 6.07) is 0.798. The molecule has 0 saturated heterocycles. The number of nitrogens with zero attached hydrogens (tertiary/aromatic N) is 1. The summed E-state index contributed by atoms with van der Waals surface area (Å²) in [5, 5.41) is 17.4. The lowest BCUT2D eigenvalue weighted by Gasteiger charge is -2.08. The molecule has 0 amide bonds. The Kier molecular flexibility index (Phi) is 4.26. The molecule has 0 atom stereocenters. The highest BCUT2D eigenvalue weighted by atomic mass is 19.4. The second-order valence-corrected chi connectivity index (χ2v) is 3.51.